The first kappa shape index (κ1) is 18.7. The zero-order chi connectivity index (χ0) is 18.9. The smallest absolute Gasteiger partial charge is 0.227 e. The summed E-state index contributed by atoms with van der Waals surface area (Å²) < 4.78 is 29.7. The molecule has 0 bridgehead atoms. The van der Waals surface area contributed by atoms with Gasteiger partial charge >= 0.3 is 0 Å². The van der Waals surface area contributed by atoms with Gasteiger partial charge in [-0.3, -0.25) is 9.59 Å². The largest absolute Gasteiger partial charge is 0.496 e. The maximum absolute atomic E-state index is 12.9. The van der Waals surface area contributed by atoms with E-state index in [1.165, 1.54) is 0 Å². The Morgan fingerprint density at radius 1 is 1.08 bits per heavy atom. The number of nitrogens with zero attached hydrogens (tertiary/aromatic N) is 2. The van der Waals surface area contributed by atoms with Crippen LogP contribution in [0.3, 0.4) is 0 Å². The number of carbonyl (C=O) groups is 2. The second kappa shape index (κ2) is 7.26. The number of hydrogen-bond acceptors (Lipinski definition) is 5. The number of para-hydroxylation sites is 1. The van der Waals surface area contributed by atoms with E-state index in [4.69, 9.17) is 4.74 Å². The summed E-state index contributed by atoms with van der Waals surface area (Å²) in [5.41, 5.74) is 0.768. The zero-order valence-electron chi connectivity index (χ0n) is 15.1. The molecule has 142 valence electrons. The van der Waals surface area contributed by atoms with Crippen molar-refractivity contribution >= 4 is 21.7 Å². The second-order valence-electron chi connectivity index (χ2n) is 6.73. The summed E-state index contributed by atoms with van der Waals surface area (Å²) in [5, 5.41) is 0. The van der Waals surface area contributed by atoms with Crippen molar-refractivity contribution in [2.45, 2.75) is 31.8 Å². The van der Waals surface area contributed by atoms with Gasteiger partial charge in [-0.05, 0) is 6.07 Å². The number of piperazine rings is 1. The fourth-order valence-corrected chi connectivity index (χ4v) is 5.87. The topological polar surface area (TPSA) is 84.0 Å². The van der Waals surface area contributed by atoms with Crippen molar-refractivity contribution in [1.82, 2.24) is 9.80 Å². The Hall–Kier alpha value is -2.09. The summed E-state index contributed by atoms with van der Waals surface area (Å²) in [5.74, 6) is 0.292. The fourth-order valence-electron chi connectivity index (χ4n) is 3.89. The number of benzene rings is 1. The number of ether oxygens (including phenoxy) is 1. The monoisotopic (exact) mass is 380 g/mol. The average molecular weight is 380 g/mol. The van der Waals surface area contributed by atoms with Gasteiger partial charge in [0, 0.05) is 25.1 Å². The van der Waals surface area contributed by atoms with Crippen molar-refractivity contribution in [2.75, 3.05) is 31.7 Å². The summed E-state index contributed by atoms with van der Waals surface area (Å²) in [6.45, 7) is 2.50. The lowest BCUT2D eigenvalue weighted by molar-refractivity contribution is -0.144. The molecule has 2 fully saturated rings. The highest BCUT2D eigenvalue weighted by Gasteiger charge is 2.49. The van der Waals surface area contributed by atoms with E-state index >= 15 is 0 Å². The van der Waals surface area contributed by atoms with Gasteiger partial charge in [0.25, 0.3) is 0 Å². The quantitative estimate of drug-likeness (QED) is 0.759. The van der Waals surface area contributed by atoms with Gasteiger partial charge in [0.05, 0.1) is 37.1 Å². The molecule has 2 amide bonds. The molecule has 26 heavy (non-hydrogen) atoms. The van der Waals surface area contributed by atoms with Crippen molar-refractivity contribution in [3.63, 3.8) is 0 Å². The average Bonchev–Trinajstić information content (AvgIpc) is 2.95. The highest BCUT2D eigenvalue weighted by molar-refractivity contribution is 7.91. The number of carbonyl (C=O) groups excluding carboxylic acids is 2. The van der Waals surface area contributed by atoms with E-state index in [1.54, 1.807) is 29.9 Å². The van der Waals surface area contributed by atoms with Gasteiger partial charge in [-0.15, -0.1) is 0 Å². The Kier molecular flexibility index (Phi) is 5.22. The molecular formula is C18H24N2O5S. The third-order valence-corrected chi connectivity index (χ3v) is 6.85. The van der Waals surface area contributed by atoms with Gasteiger partial charge in [-0.25, -0.2) is 8.42 Å². The van der Waals surface area contributed by atoms with Crippen LogP contribution in [0, 0.1) is 0 Å². The van der Waals surface area contributed by atoms with Crippen LogP contribution in [-0.2, 0) is 25.8 Å². The first-order valence-corrected chi connectivity index (χ1v) is 10.6. The minimum Gasteiger partial charge on any atom is -0.496 e. The lowest BCUT2D eigenvalue weighted by Crippen LogP contribution is -2.62. The van der Waals surface area contributed by atoms with E-state index in [-0.39, 0.29) is 29.7 Å². The van der Waals surface area contributed by atoms with Gasteiger partial charge in [-0.1, -0.05) is 25.1 Å². The molecule has 2 atom stereocenters. The van der Waals surface area contributed by atoms with Crippen LogP contribution in [0.15, 0.2) is 24.3 Å². The van der Waals surface area contributed by atoms with Crippen LogP contribution in [0.5, 0.6) is 5.75 Å². The Labute approximate surface area is 153 Å². The summed E-state index contributed by atoms with van der Waals surface area (Å²) >= 11 is 0. The van der Waals surface area contributed by atoms with E-state index in [9.17, 15) is 18.0 Å². The van der Waals surface area contributed by atoms with Crippen molar-refractivity contribution in [3.05, 3.63) is 29.8 Å². The molecular weight excluding hydrogens is 356 g/mol. The number of amides is 2. The lowest BCUT2D eigenvalue weighted by atomic mass is 10.0. The number of fused-ring (bicyclic) bond motifs is 1. The summed E-state index contributed by atoms with van der Waals surface area (Å²) in [4.78, 5) is 28.4. The molecule has 0 N–H and O–H groups in total. The molecule has 0 aliphatic carbocycles. The molecule has 0 saturated carbocycles. The predicted molar refractivity (Wildman–Crippen MR) is 96.6 cm³/mol. The van der Waals surface area contributed by atoms with Crippen LogP contribution in [0.4, 0.5) is 0 Å². The second-order valence-corrected chi connectivity index (χ2v) is 8.88. The van der Waals surface area contributed by atoms with Gasteiger partial charge in [0.15, 0.2) is 9.84 Å². The predicted octanol–water partition coefficient (Wildman–Crippen LogP) is 0.484. The molecule has 1 aromatic carbocycles. The molecule has 3 rings (SSSR count). The van der Waals surface area contributed by atoms with Crippen LogP contribution in [0.2, 0.25) is 0 Å². The minimum absolute atomic E-state index is 0.0612. The van der Waals surface area contributed by atoms with E-state index in [0.717, 1.165) is 5.56 Å². The van der Waals surface area contributed by atoms with Crippen LogP contribution >= 0.6 is 0 Å². The molecule has 1 aromatic rings. The molecule has 7 nitrogen and oxygen atoms in total. The van der Waals surface area contributed by atoms with Crippen molar-refractivity contribution < 1.29 is 22.7 Å². The first-order valence-electron chi connectivity index (χ1n) is 8.77. The normalized spacial score (nSPS) is 24.2. The highest BCUT2D eigenvalue weighted by atomic mass is 32.2. The number of rotatable bonds is 4. The number of methoxy groups -OCH3 is 1. The Morgan fingerprint density at radius 2 is 1.65 bits per heavy atom. The summed E-state index contributed by atoms with van der Waals surface area (Å²) in [6.07, 6.45) is 0.480. The molecule has 0 unspecified atom stereocenters. The van der Waals surface area contributed by atoms with Crippen molar-refractivity contribution in [2.24, 2.45) is 0 Å². The maximum atomic E-state index is 12.9. The van der Waals surface area contributed by atoms with Crippen molar-refractivity contribution in [1.29, 1.82) is 0 Å². The Morgan fingerprint density at radius 3 is 2.23 bits per heavy atom. The Balaban J connectivity index is 1.82. The molecule has 0 spiro atoms. The standard InChI is InChI=1S/C18H24N2O5S/c1-3-17(21)19-8-9-20(15-12-26(23,24)11-14(15)19)18(22)10-13-6-4-5-7-16(13)25-2/h4-7,14-15H,3,8-12H2,1-2H3/t14-,15+/m0/s1. The SMILES string of the molecule is CCC(=O)N1CCN(C(=O)Cc2ccccc2OC)[C@@H]2CS(=O)(=O)C[C@@H]21. The van der Waals surface area contributed by atoms with Gasteiger partial charge in [-0.2, -0.15) is 0 Å². The van der Waals surface area contributed by atoms with Crippen LogP contribution in [-0.4, -0.2) is 73.8 Å². The zero-order valence-corrected chi connectivity index (χ0v) is 15.9. The third kappa shape index (κ3) is 3.56. The number of sulfone groups is 1. The molecule has 2 aliphatic rings. The molecule has 8 heteroatoms. The van der Waals surface area contributed by atoms with Crippen molar-refractivity contribution in [3.8, 4) is 5.75 Å². The maximum Gasteiger partial charge on any atom is 0.227 e. The molecule has 2 heterocycles. The minimum atomic E-state index is -3.27. The highest BCUT2D eigenvalue weighted by Crippen LogP contribution is 2.29. The van der Waals surface area contributed by atoms with Crippen LogP contribution in [0.1, 0.15) is 18.9 Å². The molecule has 0 aromatic heterocycles. The van der Waals surface area contributed by atoms with Crippen LogP contribution < -0.4 is 4.74 Å². The Bertz CT molecular complexity index is 808. The van der Waals surface area contributed by atoms with E-state index in [0.29, 0.717) is 25.3 Å². The lowest BCUT2D eigenvalue weighted by Gasteiger charge is -2.44. The summed E-state index contributed by atoms with van der Waals surface area (Å²) in [6, 6.07) is 6.39. The van der Waals surface area contributed by atoms with Crippen LogP contribution in [0.25, 0.3) is 0 Å². The van der Waals surface area contributed by atoms with Gasteiger partial charge < -0.3 is 14.5 Å². The molecule has 0 radical (unpaired) electrons. The van der Waals surface area contributed by atoms with Gasteiger partial charge in [0.2, 0.25) is 11.8 Å². The molecule has 2 aliphatic heterocycles. The van der Waals surface area contributed by atoms with E-state index in [2.05, 4.69) is 0 Å². The fraction of sp³-hybridized carbons (Fsp3) is 0.556. The van der Waals surface area contributed by atoms with E-state index in [1.807, 2.05) is 18.2 Å². The summed E-state index contributed by atoms with van der Waals surface area (Å²) in [7, 11) is -1.71. The first-order chi connectivity index (χ1) is 12.4. The number of hydrogen-bond donors (Lipinski definition) is 0. The molecule has 2 saturated heterocycles. The van der Waals surface area contributed by atoms with E-state index < -0.39 is 21.9 Å². The third-order valence-electron chi connectivity index (χ3n) is 5.15. The van der Waals surface area contributed by atoms with Gasteiger partial charge in [0.1, 0.15) is 5.75 Å².